The summed E-state index contributed by atoms with van der Waals surface area (Å²) in [4.78, 5) is 8.44. The molecule has 0 spiro atoms. The maximum absolute atomic E-state index is 4.58. The average Bonchev–Trinajstić information content (AvgIpc) is 2.88. The fourth-order valence-electron chi connectivity index (χ4n) is 2.59. The van der Waals surface area contributed by atoms with Gasteiger partial charge in [0.2, 0.25) is 0 Å². The quantitative estimate of drug-likeness (QED) is 0.939. The van der Waals surface area contributed by atoms with E-state index in [1.807, 2.05) is 17.5 Å². The van der Waals surface area contributed by atoms with Gasteiger partial charge >= 0.3 is 0 Å². The number of aromatic nitrogens is 1. The number of piperazine rings is 1. The second kappa shape index (κ2) is 7.36. The molecule has 1 N–H and O–H groups in total. The van der Waals surface area contributed by atoms with Crippen LogP contribution in [0.3, 0.4) is 0 Å². The van der Waals surface area contributed by atoms with Crippen LogP contribution in [0.5, 0.6) is 0 Å². The number of nitrogens with zero attached hydrogens (tertiary/aromatic N) is 2. The standard InChI is InChI=1S/C16H21N3S.ClH/c1-12-3-5-14(6-4-12)16-18-9-15(20-16)11-19-8-7-17-13(2)10-19;/h3-6,9,13,17H,7-8,10-11H2,1-2H3;1H. The van der Waals surface area contributed by atoms with Crippen molar-refractivity contribution < 1.29 is 0 Å². The van der Waals surface area contributed by atoms with Gasteiger partial charge in [-0.2, -0.15) is 0 Å². The summed E-state index contributed by atoms with van der Waals surface area (Å²) >= 11 is 1.81. The van der Waals surface area contributed by atoms with Crippen LogP contribution in [0.2, 0.25) is 0 Å². The van der Waals surface area contributed by atoms with Crippen LogP contribution in [0.25, 0.3) is 10.6 Å². The minimum absolute atomic E-state index is 0. The molecule has 1 saturated heterocycles. The molecule has 1 aromatic heterocycles. The molecule has 0 bridgehead atoms. The van der Waals surface area contributed by atoms with Crippen LogP contribution in [-0.4, -0.2) is 35.6 Å². The third-order valence-electron chi connectivity index (χ3n) is 3.68. The lowest BCUT2D eigenvalue weighted by atomic mass is 10.2. The number of nitrogens with one attached hydrogen (secondary N) is 1. The molecule has 2 heterocycles. The summed E-state index contributed by atoms with van der Waals surface area (Å²) in [6.45, 7) is 8.72. The summed E-state index contributed by atoms with van der Waals surface area (Å²) < 4.78 is 0. The molecule has 0 aliphatic carbocycles. The van der Waals surface area contributed by atoms with Crippen molar-refractivity contribution in [3.63, 3.8) is 0 Å². The second-order valence-corrected chi connectivity index (χ2v) is 6.70. The molecule has 3 rings (SSSR count). The van der Waals surface area contributed by atoms with E-state index in [0.717, 1.165) is 31.2 Å². The van der Waals surface area contributed by atoms with Gasteiger partial charge in [0.1, 0.15) is 5.01 Å². The van der Waals surface area contributed by atoms with Crippen molar-refractivity contribution in [2.75, 3.05) is 19.6 Å². The van der Waals surface area contributed by atoms with Gasteiger partial charge in [-0.1, -0.05) is 29.8 Å². The van der Waals surface area contributed by atoms with Gasteiger partial charge in [0.15, 0.2) is 0 Å². The SMILES string of the molecule is Cc1ccc(-c2ncc(CN3CCNC(C)C3)s2)cc1.Cl. The monoisotopic (exact) mass is 323 g/mol. The van der Waals surface area contributed by atoms with Crippen LogP contribution >= 0.6 is 23.7 Å². The first kappa shape index (κ1) is 16.4. The number of rotatable bonds is 3. The zero-order chi connectivity index (χ0) is 13.9. The molecule has 0 saturated carbocycles. The third kappa shape index (κ3) is 4.27. The molecule has 1 atom stereocenters. The minimum atomic E-state index is 0. The van der Waals surface area contributed by atoms with Crippen molar-refractivity contribution in [3.05, 3.63) is 40.9 Å². The average molecular weight is 324 g/mol. The predicted molar refractivity (Wildman–Crippen MR) is 92.3 cm³/mol. The van der Waals surface area contributed by atoms with Crippen LogP contribution < -0.4 is 5.32 Å². The molecule has 114 valence electrons. The minimum Gasteiger partial charge on any atom is -0.312 e. The maximum atomic E-state index is 4.58. The van der Waals surface area contributed by atoms with Crippen molar-refractivity contribution in [3.8, 4) is 10.6 Å². The molecule has 5 heteroatoms. The molecule has 1 unspecified atom stereocenters. The molecule has 1 aromatic carbocycles. The molecular weight excluding hydrogens is 302 g/mol. The van der Waals surface area contributed by atoms with Gasteiger partial charge in [-0.3, -0.25) is 4.90 Å². The van der Waals surface area contributed by atoms with E-state index in [2.05, 4.69) is 53.3 Å². The summed E-state index contributed by atoms with van der Waals surface area (Å²) in [5, 5.41) is 4.61. The predicted octanol–water partition coefficient (Wildman–Crippen LogP) is 3.33. The van der Waals surface area contributed by atoms with Gasteiger partial charge in [-0.15, -0.1) is 23.7 Å². The highest BCUT2D eigenvalue weighted by Gasteiger charge is 2.16. The second-order valence-electron chi connectivity index (χ2n) is 5.59. The van der Waals surface area contributed by atoms with Crippen molar-refractivity contribution >= 4 is 23.7 Å². The van der Waals surface area contributed by atoms with E-state index in [0.29, 0.717) is 6.04 Å². The van der Waals surface area contributed by atoms with Crippen molar-refractivity contribution in [2.45, 2.75) is 26.4 Å². The van der Waals surface area contributed by atoms with Gasteiger partial charge in [-0.25, -0.2) is 4.98 Å². The Balaban J connectivity index is 0.00000161. The topological polar surface area (TPSA) is 28.2 Å². The molecular formula is C16H22ClN3S. The first-order valence-corrected chi connectivity index (χ1v) is 8.00. The number of benzene rings is 1. The lowest BCUT2D eigenvalue weighted by Gasteiger charge is -2.31. The lowest BCUT2D eigenvalue weighted by molar-refractivity contribution is 0.201. The highest BCUT2D eigenvalue weighted by atomic mass is 35.5. The zero-order valence-electron chi connectivity index (χ0n) is 12.5. The Hall–Kier alpha value is -0.940. The number of thiazole rings is 1. The summed E-state index contributed by atoms with van der Waals surface area (Å²) in [6, 6.07) is 9.20. The number of hydrogen-bond acceptors (Lipinski definition) is 4. The summed E-state index contributed by atoms with van der Waals surface area (Å²) in [6.07, 6.45) is 2.03. The smallest absolute Gasteiger partial charge is 0.123 e. The molecule has 0 amide bonds. The fourth-order valence-corrected chi connectivity index (χ4v) is 3.55. The van der Waals surface area contributed by atoms with E-state index >= 15 is 0 Å². The van der Waals surface area contributed by atoms with Crippen molar-refractivity contribution in [2.24, 2.45) is 0 Å². The van der Waals surface area contributed by atoms with Crippen molar-refractivity contribution in [1.29, 1.82) is 0 Å². The van der Waals surface area contributed by atoms with Gasteiger partial charge in [0.05, 0.1) is 0 Å². The first-order valence-electron chi connectivity index (χ1n) is 7.18. The summed E-state index contributed by atoms with van der Waals surface area (Å²) in [5.41, 5.74) is 2.51. The molecule has 1 aliphatic rings. The van der Waals surface area contributed by atoms with Crippen molar-refractivity contribution in [1.82, 2.24) is 15.2 Å². The first-order chi connectivity index (χ1) is 9.70. The molecule has 1 aliphatic heterocycles. The number of halogens is 1. The van der Waals surface area contributed by atoms with E-state index in [9.17, 15) is 0 Å². The Morgan fingerprint density at radius 2 is 2.10 bits per heavy atom. The van der Waals surface area contributed by atoms with E-state index < -0.39 is 0 Å². The summed E-state index contributed by atoms with van der Waals surface area (Å²) in [7, 11) is 0. The van der Waals surface area contributed by atoms with E-state index in [4.69, 9.17) is 0 Å². The van der Waals surface area contributed by atoms with E-state index in [1.165, 1.54) is 16.0 Å². The summed E-state index contributed by atoms with van der Waals surface area (Å²) in [5.74, 6) is 0. The Bertz CT molecular complexity index is 567. The van der Waals surface area contributed by atoms with Crippen LogP contribution in [0.15, 0.2) is 30.5 Å². The number of hydrogen-bond donors (Lipinski definition) is 1. The van der Waals surface area contributed by atoms with Crippen LogP contribution in [0.1, 0.15) is 17.4 Å². The molecule has 3 nitrogen and oxygen atoms in total. The Morgan fingerprint density at radius 1 is 1.33 bits per heavy atom. The van der Waals surface area contributed by atoms with Crippen LogP contribution in [-0.2, 0) is 6.54 Å². The maximum Gasteiger partial charge on any atom is 0.123 e. The molecule has 1 fully saturated rings. The molecule has 21 heavy (non-hydrogen) atoms. The van der Waals surface area contributed by atoms with Gasteiger partial charge in [0, 0.05) is 48.9 Å². The Labute approximate surface area is 136 Å². The normalized spacial score (nSPS) is 19.2. The molecule has 2 aromatic rings. The largest absolute Gasteiger partial charge is 0.312 e. The van der Waals surface area contributed by atoms with Crippen LogP contribution in [0.4, 0.5) is 0 Å². The zero-order valence-corrected chi connectivity index (χ0v) is 14.1. The van der Waals surface area contributed by atoms with Crippen LogP contribution in [0, 0.1) is 6.92 Å². The van der Waals surface area contributed by atoms with E-state index in [1.54, 1.807) is 0 Å². The number of aryl methyl sites for hydroxylation is 1. The Kier molecular flexibility index (Phi) is 5.76. The Morgan fingerprint density at radius 3 is 2.81 bits per heavy atom. The lowest BCUT2D eigenvalue weighted by Crippen LogP contribution is -2.48. The van der Waals surface area contributed by atoms with Gasteiger partial charge in [-0.05, 0) is 13.8 Å². The molecule has 0 radical (unpaired) electrons. The fraction of sp³-hybridized carbons (Fsp3) is 0.438. The van der Waals surface area contributed by atoms with E-state index in [-0.39, 0.29) is 12.4 Å². The van der Waals surface area contributed by atoms with Gasteiger partial charge < -0.3 is 5.32 Å². The highest BCUT2D eigenvalue weighted by molar-refractivity contribution is 7.15. The highest BCUT2D eigenvalue weighted by Crippen LogP contribution is 2.26. The third-order valence-corrected chi connectivity index (χ3v) is 4.72. The van der Waals surface area contributed by atoms with Gasteiger partial charge in [0.25, 0.3) is 0 Å².